The van der Waals surface area contributed by atoms with Gasteiger partial charge in [0.15, 0.2) is 0 Å². The van der Waals surface area contributed by atoms with Crippen LogP contribution in [0.15, 0.2) is 29.6 Å². The molecule has 0 aliphatic carbocycles. The minimum Gasteiger partial charge on any atom is -0.378 e. The number of ether oxygens (including phenoxy) is 1. The second kappa shape index (κ2) is 6.90. The summed E-state index contributed by atoms with van der Waals surface area (Å²) >= 11 is 7.80. The summed E-state index contributed by atoms with van der Waals surface area (Å²) in [6.45, 7) is 7.49. The van der Waals surface area contributed by atoms with Crippen molar-refractivity contribution in [1.29, 1.82) is 0 Å². The second-order valence-electron chi connectivity index (χ2n) is 6.52. The summed E-state index contributed by atoms with van der Waals surface area (Å²) in [4.78, 5) is 12.2. The van der Waals surface area contributed by atoms with Crippen LogP contribution in [0.2, 0.25) is 5.28 Å². The number of hydrogen-bond donors (Lipinski definition) is 0. The van der Waals surface area contributed by atoms with Crippen LogP contribution < -0.4 is 4.90 Å². The Morgan fingerprint density at radius 3 is 2.52 bits per heavy atom. The first-order chi connectivity index (χ1) is 12.1. The maximum Gasteiger partial charge on any atom is 0.225 e. The quantitative estimate of drug-likeness (QED) is 0.607. The Labute approximate surface area is 156 Å². The molecule has 1 saturated heterocycles. The second-order valence-corrected chi connectivity index (χ2v) is 7.72. The van der Waals surface area contributed by atoms with Gasteiger partial charge in [-0.15, -0.1) is 11.3 Å². The van der Waals surface area contributed by atoms with Crippen molar-refractivity contribution in [3.8, 4) is 11.1 Å². The van der Waals surface area contributed by atoms with E-state index in [4.69, 9.17) is 16.3 Å². The molecule has 0 N–H and O–H groups in total. The van der Waals surface area contributed by atoms with Crippen molar-refractivity contribution in [3.05, 3.63) is 40.5 Å². The average Bonchev–Trinajstić information content (AvgIpc) is 3.05. The highest BCUT2D eigenvalue weighted by Gasteiger charge is 2.21. The largest absolute Gasteiger partial charge is 0.378 e. The van der Waals surface area contributed by atoms with E-state index in [1.807, 2.05) is 0 Å². The molecule has 4 rings (SSSR count). The van der Waals surface area contributed by atoms with Crippen molar-refractivity contribution < 1.29 is 4.74 Å². The molecule has 6 heteroatoms. The van der Waals surface area contributed by atoms with E-state index in [1.54, 1.807) is 11.3 Å². The van der Waals surface area contributed by atoms with Crippen molar-refractivity contribution in [2.24, 2.45) is 0 Å². The Bertz CT molecular complexity index is 886. The van der Waals surface area contributed by atoms with Crippen LogP contribution in [0.5, 0.6) is 0 Å². The summed E-state index contributed by atoms with van der Waals surface area (Å²) in [6, 6.07) is 8.78. The SMILES string of the molecule is CC(C)c1ccc(-c2csc3nc(Cl)nc(N4CCOCC4)c23)cc1. The number of nitrogens with zero attached hydrogens (tertiary/aromatic N) is 3. The Hall–Kier alpha value is -1.69. The lowest BCUT2D eigenvalue weighted by atomic mass is 9.99. The maximum absolute atomic E-state index is 6.18. The molecule has 4 nitrogen and oxygen atoms in total. The zero-order valence-electron chi connectivity index (χ0n) is 14.3. The molecule has 0 saturated carbocycles. The van der Waals surface area contributed by atoms with Crippen LogP contribution in [-0.2, 0) is 4.74 Å². The number of fused-ring (bicyclic) bond motifs is 1. The van der Waals surface area contributed by atoms with Crippen LogP contribution in [-0.4, -0.2) is 36.3 Å². The van der Waals surface area contributed by atoms with E-state index < -0.39 is 0 Å². The van der Waals surface area contributed by atoms with Gasteiger partial charge in [0.25, 0.3) is 0 Å². The lowest BCUT2D eigenvalue weighted by molar-refractivity contribution is 0.122. The van der Waals surface area contributed by atoms with Crippen molar-refractivity contribution in [1.82, 2.24) is 9.97 Å². The molecule has 0 bridgehead atoms. The zero-order valence-corrected chi connectivity index (χ0v) is 15.9. The number of aromatic nitrogens is 2. The van der Waals surface area contributed by atoms with Crippen LogP contribution in [0, 0.1) is 0 Å². The van der Waals surface area contributed by atoms with Crippen molar-refractivity contribution in [3.63, 3.8) is 0 Å². The normalized spacial score (nSPS) is 15.3. The van der Waals surface area contributed by atoms with Gasteiger partial charge < -0.3 is 9.64 Å². The molecule has 3 aromatic rings. The van der Waals surface area contributed by atoms with Crippen LogP contribution in [0.3, 0.4) is 0 Å². The molecule has 1 aromatic carbocycles. The Kier molecular flexibility index (Phi) is 4.63. The standard InChI is InChI=1S/C19H20ClN3OS/c1-12(2)13-3-5-14(6-4-13)15-11-25-18-16(15)17(21-19(20)22-18)23-7-9-24-10-8-23/h3-6,11-12H,7-10H2,1-2H3. The molecule has 1 aliphatic heterocycles. The van der Waals surface area contributed by atoms with E-state index in [0.717, 1.165) is 29.1 Å². The van der Waals surface area contributed by atoms with E-state index in [1.165, 1.54) is 16.7 Å². The van der Waals surface area contributed by atoms with E-state index in [0.29, 0.717) is 24.4 Å². The number of thiophene rings is 1. The number of anilines is 1. The molecule has 0 unspecified atom stereocenters. The topological polar surface area (TPSA) is 38.2 Å². The molecular weight excluding hydrogens is 354 g/mol. The molecule has 0 amide bonds. The minimum atomic E-state index is 0.303. The van der Waals surface area contributed by atoms with E-state index in [9.17, 15) is 0 Å². The third kappa shape index (κ3) is 3.24. The van der Waals surface area contributed by atoms with Gasteiger partial charge in [-0.05, 0) is 28.6 Å². The van der Waals surface area contributed by atoms with Gasteiger partial charge >= 0.3 is 0 Å². The fourth-order valence-electron chi connectivity index (χ4n) is 3.16. The molecule has 0 atom stereocenters. The first kappa shape index (κ1) is 16.8. The predicted molar refractivity (Wildman–Crippen MR) is 105 cm³/mol. The lowest BCUT2D eigenvalue weighted by Gasteiger charge is -2.28. The molecule has 1 aliphatic rings. The van der Waals surface area contributed by atoms with Crippen LogP contribution in [0.25, 0.3) is 21.3 Å². The van der Waals surface area contributed by atoms with Gasteiger partial charge in [-0.3, -0.25) is 0 Å². The van der Waals surface area contributed by atoms with E-state index >= 15 is 0 Å². The Morgan fingerprint density at radius 1 is 1.12 bits per heavy atom. The highest BCUT2D eigenvalue weighted by atomic mass is 35.5. The number of hydrogen-bond acceptors (Lipinski definition) is 5. The third-order valence-electron chi connectivity index (χ3n) is 4.59. The zero-order chi connectivity index (χ0) is 17.4. The molecule has 25 heavy (non-hydrogen) atoms. The summed E-state index contributed by atoms with van der Waals surface area (Å²) in [7, 11) is 0. The molecule has 0 spiro atoms. The smallest absolute Gasteiger partial charge is 0.225 e. The van der Waals surface area contributed by atoms with Gasteiger partial charge in [-0.2, -0.15) is 4.98 Å². The Morgan fingerprint density at radius 2 is 1.84 bits per heavy atom. The van der Waals surface area contributed by atoms with Crippen LogP contribution in [0.4, 0.5) is 5.82 Å². The number of morpholine rings is 1. The van der Waals surface area contributed by atoms with Gasteiger partial charge in [0.05, 0.1) is 18.6 Å². The molecular formula is C19H20ClN3OS. The average molecular weight is 374 g/mol. The molecule has 130 valence electrons. The summed E-state index contributed by atoms with van der Waals surface area (Å²) in [5, 5.41) is 3.55. The van der Waals surface area contributed by atoms with Crippen LogP contribution >= 0.6 is 22.9 Å². The monoisotopic (exact) mass is 373 g/mol. The van der Waals surface area contributed by atoms with Gasteiger partial charge in [-0.25, -0.2) is 4.98 Å². The van der Waals surface area contributed by atoms with Crippen molar-refractivity contribution >= 4 is 39.0 Å². The molecule has 3 heterocycles. The van der Waals surface area contributed by atoms with Crippen molar-refractivity contribution in [2.75, 3.05) is 31.2 Å². The highest BCUT2D eigenvalue weighted by Crippen LogP contribution is 2.39. The van der Waals surface area contributed by atoms with E-state index in [2.05, 4.69) is 58.4 Å². The predicted octanol–water partition coefficient (Wildman–Crippen LogP) is 4.97. The van der Waals surface area contributed by atoms with Gasteiger partial charge in [0, 0.05) is 24.0 Å². The summed E-state index contributed by atoms with van der Waals surface area (Å²) in [5.41, 5.74) is 3.71. The van der Waals surface area contributed by atoms with Crippen molar-refractivity contribution in [2.45, 2.75) is 19.8 Å². The third-order valence-corrected chi connectivity index (χ3v) is 5.63. The molecule has 0 radical (unpaired) electrons. The fraction of sp³-hybridized carbons (Fsp3) is 0.368. The number of halogens is 1. The highest BCUT2D eigenvalue weighted by molar-refractivity contribution is 7.17. The Balaban J connectivity index is 1.84. The minimum absolute atomic E-state index is 0.303. The fourth-order valence-corrected chi connectivity index (χ4v) is 4.32. The number of rotatable bonds is 3. The van der Waals surface area contributed by atoms with Gasteiger partial charge in [0.2, 0.25) is 5.28 Å². The van der Waals surface area contributed by atoms with E-state index in [-0.39, 0.29) is 0 Å². The maximum atomic E-state index is 6.18. The molecule has 2 aromatic heterocycles. The first-order valence-corrected chi connectivity index (χ1v) is 9.77. The first-order valence-electron chi connectivity index (χ1n) is 8.51. The lowest BCUT2D eigenvalue weighted by Crippen LogP contribution is -2.37. The molecule has 1 fully saturated rings. The van der Waals surface area contributed by atoms with Gasteiger partial charge in [0.1, 0.15) is 10.6 Å². The summed E-state index contributed by atoms with van der Waals surface area (Å²) in [5.74, 6) is 1.45. The van der Waals surface area contributed by atoms with Crippen LogP contribution in [0.1, 0.15) is 25.3 Å². The van der Waals surface area contributed by atoms with Gasteiger partial charge in [-0.1, -0.05) is 38.1 Å². The summed E-state index contributed by atoms with van der Waals surface area (Å²) in [6.07, 6.45) is 0. The number of benzene rings is 1. The summed E-state index contributed by atoms with van der Waals surface area (Å²) < 4.78 is 5.48.